The number of hydrogen-bond acceptors (Lipinski definition) is 5. The second kappa shape index (κ2) is 5.90. The lowest BCUT2D eigenvalue weighted by molar-refractivity contribution is -0.390. The fraction of sp³-hybridized carbons (Fsp3) is 0.500. The van der Waals surface area contributed by atoms with Crippen LogP contribution >= 0.6 is 11.8 Å². The molecule has 2 unspecified atom stereocenters. The minimum atomic E-state index is -4.10. The first-order valence-electron chi connectivity index (χ1n) is 6.33. The van der Waals surface area contributed by atoms with Crippen LogP contribution in [0.2, 0.25) is 0 Å². The van der Waals surface area contributed by atoms with Crippen molar-refractivity contribution >= 4 is 27.5 Å². The van der Waals surface area contributed by atoms with Gasteiger partial charge in [0, 0.05) is 23.6 Å². The van der Waals surface area contributed by atoms with E-state index in [2.05, 4.69) is 0 Å². The quantitative estimate of drug-likeness (QED) is 0.625. The number of nitro groups is 1. The number of benzene rings is 1. The highest BCUT2D eigenvalue weighted by atomic mass is 32.2. The summed E-state index contributed by atoms with van der Waals surface area (Å²) in [7, 11) is -4.10. The third-order valence-corrected chi connectivity index (χ3v) is 6.90. The summed E-state index contributed by atoms with van der Waals surface area (Å²) in [5.41, 5.74) is -0.990. The Kier molecular flexibility index (Phi) is 4.54. The first-order valence-corrected chi connectivity index (χ1v) is 8.82. The fourth-order valence-corrected chi connectivity index (χ4v) is 5.42. The fourth-order valence-electron chi connectivity index (χ4n) is 2.25. The number of sulfonamides is 1. The maximum atomic E-state index is 13.6. The molecule has 1 aromatic rings. The van der Waals surface area contributed by atoms with Crippen LogP contribution in [0.3, 0.4) is 0 Å². The van der Waals surface area contributed by atoms with Crippen LogP contribution in [0.15, 0.2) is 23.1 Å². The Balaban J connectivity index is 2.55. The highest BCUT2D eigenvalue weighted by molar-refractivity contribution is 8.00. The van der Waals surface area contributed by atoms with E-state index in [9.17, 15) is 22.9 Å². The van der Waals surface area contributed by atoms with Crippen LogP contribution in [0.5, 0.6) is 0 Å². The van der Waals surface area contributed by atoms with Gasteiger partial charge in [-0.25, -0.2) is 8.42 Å². The molecule has 0 bridgehead atoms. The van der Waals surface area contributed by atoms with Gasteiger partial charge in [-0.2, -0.15) is 20.5 Å². The molecule has 2 atom stereocenters. The Morgan fingerprint density at radius 2 is 2.10 bits per heavy atom. The van der Waals surface area contributed by atoms with E-state index in [1.807, 2.05) is 6.92 Å². The third-order valence-electron chi connectivity index (χ3n) is 3.54. The summed E-state index contributed by atoms with van der Waals surface area (Å²) in [6, 6.07) is 2.82. The minimum Gasteiger partial charge on any atom is -0.258 e. The Bertz CT molecular complexity index is 665. The second-order valence-electron chi connectivity index (χ2n) is 4.78. The van der Waals surface area contributed by atoms with Gasteiger partial charge in [0.1, 0.15) is 0 Å². The Morgan fingerprint density at radius 1 is 1.43 bits per heavy atom. The Morgan fingerprint density at radius 3 is 2.71 bits per heavy atom. The summed E-state index contributed by atoms with van der Waals surface area (Å²) in [6.07, 6.45) is 0. The molecule has 1 aliphatic rings. The molecule has 6 nitrogen and oxygen atoms in total. The molecule has 0 spiro atoms. The zero-order chi connectivity index (χ0) is 15.8. The van der Waals surface area contributed by atoms with E-state index >= 15 is 0 Å². The van der Waals surface area contributed by atoms with Crippen molar-refractivity contribution in [2.75, 3.05) is 12.3 Å². The van der Waals surface area contributed by atoms with Gasteiger partial charge in [-0.1, -0.05) is 13.0 Å². The molecule has 116 valence electrons. The highest BCUT2D eigenvalue weighted by Crippen LogP contribution is 2.34. The van der Waals surface area contributed by atoms with E-state index in [1.54, 1.807) is 18.7 Å². The van der Waals surface area contributed by atoms with Crippen LogP contribution < -0.4 is 0 Å². The normalized spacial score (nSPS) is 24.0. The molecule has 1 aliphatic heterocycles. The topological polar surface area (TPSA) is 80.5 Å². The first kappa shape index (κ1) is 16.2. The number of nitrogens with zero attached hydrogens (tertiary/aromatic N) is 2. The van der Waals surface area contributed by atoms with E-state index in [-0.39, 0.29) is 17.8 Å². The average Bonchev–Trinajstić information content (AvgIpc) is 2.41. The van der Waals surface area contributed by atoms with Crippen molar-refractivity contribution in [3.05, 3.63) is 34.1 Å². The first-order chi connectivity index (χ1) is 9.76. The number of halogens is 1. The number of nitro benzene ring substituents is 1. The second-order valence-corrected chi connectivity index (χ2v) is 8.12. The largest absolute Gasteiger partial charge is 0.324 e. The Labute approximate surface area is 126 Å². The minimum absolute atomic E-state index is 0.0705. The van der Waals surface area contributed by atoms with E-state index in [0.717, 1.165) is 12.1 Å². The summed E-state index contributed by atoms with van der Waals surface area (Å²) in [5.74, 6) is -0.540. The van der Waals surface area contributed by atoms with Crippen molar-refractivity contribution in [3.8, 4) is 0 Å². The molecule has 21 heavy (non-hydrogen) atoms. The molecule has 0 N–H and O–H groups in total. The number of rotatable bonds is 3. The van der Waals surface area contributed by atoms with Crippen molar-refractivity contribution in [2.45, 2.75) is 30.0 Å². The molecular weight excluding hydrogens is 319 g/mol. The summed E-state index contributed by atoms with van der Waals surface area (Å²) in [6.45, 7) is 3.91. The summed E-state index contributed by atoms with van der Waals surface area (Å²) in [4.78, 5) is 9.42. The summed E-state index contributed by atoms with van der Waals surface area (Å²) in [5, 5.41) is 11.1. The molecule has 0 amide bonds. The average molecular weight is 334 g/mol. The van der Waals surface area contributed by atoms with Gasteiger partial charge >= 0.3 is 5.69 Å². The molecule has 0 aromatic heterocycles. The molecule has 9 heteroatoms. The molecule has 1 fully saturated rings. The lowest BCUT2D eigenvalue weighted by atomic mass is 10.2. The number of thioether (sulfide) groups is 1. The zero-order valence-electron chi connectivity index (χ0n) is 11.5. The van der Waals surface area contributed by atoms with Gasteiger partial charge in [-0.3, -0.25) is 10.1 Å². The monoisotopic (exact) mass is 334 g/mol. The Hall–Kier alpha value is -1.19. The van der Waals surface area contributed by atoms with Crippen molar-refractivity contribution in [2.24, 2.45) is 0 Å². The standard InChI is InChI=1S/C12H15FN2O4S2/c1-8-9(2)20-7-6-14(8)21(18,19)11-5-3-4-10(13)12(11)15(16)17/h3-5,8-9H,6-7H2,1-2H3. The van der Waals surface area contributed by atoms with Crippen molar-refractivity contribution in [1.82, 2.24) is 4.31 Å². The molecule has 0 radical (unpaired) electrons. The predicted octanol–water partition coefficient (Wildman–Crippen LogP) is 2.25. The van der Waals surface area contributed by atoms with Gasteiger partial charge in [0.05, 0.1) is 4.92 Å². The summed E-state index contributed by atoms with van der Waals surface area (Å²) >= 11 is 1.64. The molecule has 0 saturated carbocycles. The van der Waals surface area contributed by atoms with Gasteiger partial charge in [0.2, 0.25) is 15.8 Å². The van der Waals surface area contributed by atoms with Crippen molar-refractivity contribution in [3.63, 3.8) is 0 Å². The molecular formula is C12H15FN2O4S2. The van der Waals surface area contributed by atoms with Crippen LogP contribution in [0.4, 0.5) is 10.1 Å². The smallest absolute Gasteiger partial charge is 0.258 e. The SMILES string of the molecule is CC1SCCN(S(=O)(=O)c2cccc(F)c2[N+](=O)[O-])C1C. The number of para-hydroxylation sites is 1. The van der Waals surface area contributed by atoms with Crippen LogP contribution in [-0.2, 0) is 10.0 Å². The number of hydrogen-bond donors (Lipinski definition) is 0. The van der Waals surface area contributed by atoms with Crippen LogP contribution in [0.25, 0.3) is 0 Å². The maximum Gasteiger partial charge on any atom is 0.324 e. The lowest BCUT2D eigenvalue weighted by Gasteiger charge is -2.36. The van der Waals surface area contributed by atoms with E-state index in [0.29, 0.717) is 5.75 Å². The highest BCUT2D eigenvalue weighted by Gasteiger charge is 2.39. The summed E-state index contributed by atoms with van der Waals surface area (Å²) < 4.78 is 40.2. The van der Waals surface area contributed by atoms with Crippen LogP contribution in [0.1, 0.15) is 13.8 Å². The molecule has 1 heterocycles. The van der Waals surface area contributed by atoms with E-state index in [1.165, 1.54) is 10.4 Å². The molecule has 2 rings (SSSR count). The zero-order valence-corrected chi connectivity index (χ0v) is 13.2. The molecule has 0 aliphatic carbocycles. The van der Waals surface area contributed by atoms with Gasteiger partial charge < -0.3 is 0 Å². The van der Waals surface area contributed by atoms with Crippen LogP contribution in [-0.4, -0.2) is 41.2 Å². The van der Waals surface area contributed by atoms with Crippen molar-refractivity contribution < 1.29 is 17.7 Å². The van der Waals surface area contributed by atoms with E-state index < -0.39 is 31.3 Å². The van der Waals surface area contributed by atoms with E-state index in [4.69, 9.17) is 0 Å². The molecule has 1 saturated heterocycles. The van der Waals surface area contributed by atoms with Crippen molar-refractivity contribution in [1.29, 1.82) is 0 Å². The van der Waals surface area contributed by atoms with Gasteiger partial charge in [0.15, 0.2) is 4.90 Å². The van der Waals surface area contributed by atoms with Gasteiger partial charge in [-0.05, 0) is 19.1 Å². The van der Waals surface area contributed by atoms with Gasteiger partial charge in [-0.15, -0.1) is 0 Å². The molecule has 1 aromatic carbocycles. The predicted molar refractivity (Wildman–Crippen MR) is 78.3 cm³/mol. The van der Waals surface area contributed by atoms with Crippen LogP contribution in [0, 0.1) is 15.9 Å². The maximum absolute atomic E-state index is 13.6. The lowest BCUT2D eigenvalue weighted by Crippen LogP contribution is -2.47. The third kappa shape index (κ3) is 2.90. The van der Waals surface area contributed by atoms with Gasteiger partial charge in [0.25, 0.3) is 0 Å².